The molecule has 0 N–H and O–H groups in total. The highest BCUT2D eigenvalue weighted by Crippen LogP contribution is 2.25. The monoisotopic (exact) mass is 507 g/mol. The summed E-state index contributed by atoms with van der Waals surface area (Å²) in [4.78, 5) is 16.3. The molecule has 0 spiro atoms. The number of hydrogen-bond acceptors (Lipinski definition) is 6. The molecule has 5 rings (SSSR count). The fourth-order valence-electron chi connectivity index (χ4n) is 4.20. The SMILES string of the molecule is COC(=O)CCc1cn(Cc2ccc(OCc3nc(-c4ccccc4)oc3C)cc2)nc1-c1ccccc1. The predicted molar refractivity (Wildman–Crippen MR) is 145 cm³/mol. The number of nitrogens with zero attached hydrogens (tertiary/aromatic N) is 3. The van der Waals surface area contributed by atoms with Crippen LogP contribution in [0.1, 0.15) is 29.0 Å². The fraction of sp³-hybridized carbons (Fsp3) is 0.194. The molecule has 7 heteroatoms. The van der Waals surface area contributed by atoms with Crippen LogP contribution in [-0.2, 0) is 29.1 Å². The van der Waals surface area contributed by atoms with Gasteiger partial charge in [0.05, 0.1) is 19.3 Å². The summed E-state index contributed by atoms with van der Waals surface area (Å²) in [5.74, 6) is 1.86. The van der Waals surface area contributed by atoms with Crippen LogP contribution in [0.3, 0.4) is 0 Å². The fourth-order valence-corrected chi connectivity index (χ4v) is 4.20. The first-order valence-corrected chi connectivity index (χ1v) is 12.5. The summed E-state index contributed by atoms with van der Waals surface area (Å²) in [7, 11) is 1.41. The van der Waals surface area contributed by atoms with Gasteiger partial charge in [-0.2, -0.15) is 5.10 Å². The van der Waals surface area contributed by atoms with Crippen molar-refractivity contribution in [2.75, 3.05) is 7.11 Å². The van der Waals surface area contributed by atoms with Crippen LogP contribution < -0.4 is 4.74 Å². The molecular weight excluding hydrogens is 478 g/mol. The topological polar surface area (TPSA) is 79.4 Å². The number of methoxy groups -OCH3 is 1. The number of oxazole rings is 1. The van der Waals surface area contributed by atoms with E-state index >= 15 is 0 Å². The van der Waals surface area contributed by atoms with Gasteiger partial charge in [0.1, 0.15) is 23.8 Å². The van der Waals surface area contributed by atoms with Gasteiger partial charge in [0.15, 0.2) is 0 Å². The Hall–Kier alpha value is -4.65. The molecule has 0 saturated heterocycles. The van der Waals surface area contributed by atoms with E-state index < -0.39 is 0 Å². The Morgan fingerprint density at radius 1 is 0.921 bits per heavy atom. The van der Waals surface area contributed by atoms with Crippen molar-refractivity contribution >= 4 is 5.97 Å². The smallest absolute Gasteiger partial charge is 0.305 e. The molecule has 7 nitrogen and oxygen atoms in total. The van der Waals surface area contributed by atoms with Gasteiger partial charge >= 0.3 is 5.97 Å². The molecule has 0 bridgehead atoms. The Morgan fingerprint density at radius 3 is 2.29 bits per heavy atom. The van der Waals surface area contributed by atoms with E-state index in [0.29, 0.717) is 31.9 Å². The maximum absolute atomic E-state index is 11.7. The molecule has 0 unspecified atom stereocenters. The summed E-state index contributed by atoms with van der Waals surface area (Å²) >= 11 is 0. The third-order valence-corrected chi connectivity index (χ3v) is 6.27. The molecule has 38 heavy (non-hydrogen) atoms. The minimum absolute atomic E-state index is 0.232. The van der Waals surface area contributed by atoms with E-state index in [4.69, 9.17) is 19.0 Å². The minimum atomic E-state index is -0.232. The van der Waals surface area contributed by atoms with Crippen LogP contribution in [0.15, 0.2) is 95.5 Å². The van der Waals surface area contributed by atoms with E-state index in [1.54, 1.807) is 0 Å². The van der Waals surface area contributed by atoms with Gasteiger partial charge in [0.25, 0.3) is 0 Å². The third kappa shape index (κ3) is 6.00. The zero-order chi connectivity index (χ0) is 26.3. The summed E-state index contributed by atoms with van der Waals surface area (Å²) in [5, 5.41) is 4.83. The van der Waals surface area contributed by atoms with Crippen LogP contribution in [0, 0.1) is 6.92 Å². The van der Waals surface area contributed by atoms with E-state index in [2.05, 4.69) is 4.98 Å². The number of ether oxygens (including phenoxy) is 2. The number of rotatable bonds is 10. The number of carbonyl (C=O) groups is 1. The van der Waals surface area contributed by atoms with Crippen LogP contribution in [0.25, 0.3) is 22.7 Å². The zero-order valence-electron chi connectivity index (χ0n) is 21.5. The summed E-state index contributed by atoms with van der Waals surface area (Å²) < 4.78 is 18.5. The van der Waals surface area contributed by atoms with Gasteiger partial charge in [0, 0.05) is 23.7 Å². The third-order valence-electron chi connectivity index (χ3n) is 6.27. The zero-order valence-corrected chi connectivity index (χ0v) is 21.5. The number of aromatic nitrogens is 3. The van der Waals surface area contributed by atoms with Crippen molar-refractivity contribution in [3.63, 3.8) is 0 Å². The van der Waals surface area contributed by atoms with E-state index in [9.17, 15) is 4.79 Å². The molecule has 0 atom stereocenters. The van der Waals surface area contributed by atoms with Crippen LogP contribution in [0.5, 0.6) is 5.75 Å². The second-order valence-corrected chi connectivity index (χ2v) is 8.96. The van der Waals surface area contributed by atoms with E-state index in [0.717, 1.165) is 45.2 Å². The summed E-state index contributed by atoms with van der Waals surface area (Å²) in [6.45, 7) is 2.82. The lowest BCUT2D eigenvalue weighted by molar-refractivity contribution is -0.140. The second kappa shape index (κ2) is 11.6. The minimum Gasteiger partial charge on any atom is -0.487 e. The molecule has 0 saturated carbocycles. The van der Waals surface area contributed by atoms with Crippen molar-refractivity contribution in [2.24, 2.45) is 0 Å². The van der Waals surface area contributed by atoms with E-state index in [1.807, 2.05) is 103 Å². The normalized spacial score (nSPS) is 10.9. The Morgan fingerprint density at radius 2 is 1.61 bits per heavy atom. The highest BCUT2D eigenvalue weighted by molar-refractivity contribution is 5.70. The molecule has 5 aromatic rings. The first-order chi connectivity index (χ1) is 18.6. The predicted octanol–water partition coefficient (Wildman–Crippen LogP) is 6.25. The Balaban J connectivity index is 1.25. The molecule has 3 aromatic carbocycles. The van der Waals surface area contributed by atoms with Crippen LogP contribution in [0.2, 0.25) is 0 Å². The highest BCUT2D eigenvalue weighted by Gasteiger charge is 2.14. The lowest BCUT2D eigenvalue weighted by Crippen LogP contribution is -2.02. The molecule has 0 fully saturated rings. The molecule has 0 radical (unpaired) electrons. The molecule has 0 amide bonds. The van der Waals surface area contributed by atoms with E-state index in [-0.39, 0.29) is 5.97 Å². The number of hydrogen-bond donors (Lipinski definition) is 0. The Bertz CT molecular complexity index is 1490. The number of carbonyl (C=O) groups excluding carboxylic acids is 1. The van der Waals surface area contributed by atoms with Crippen molar-refractivity contribution in [1.82, 2.24) is 14.8 Å². The molecular formula is C31H29N3O4. The van der Waals surface area contributed by atoms with Crippen molar-refractivity contribution in [1.29, 1.82) is 0 Å². The lowest BCUT2D eigenvalue weighted by Gasteiger charge is -2.07. The van der Waals surface area contributed by atoms with Crippen LogP contribution >= 0.6 is 0 Å². The highest BCUT2D eigenvalue weighted by atomic mass is 16.5. The molecule has 192 valence electrons. The van der Waals surface area contributed by atoms with Crippen molar-refractivity contribution in [2.45, 2.75) is 32.9 Å². The molecule has 0 aliphatic heterocycles. The van der Waals surface area contributed by atoms with Crippen LogP contribution in [0.4, 0.5) is 0 Å². The first-order valence-electron chi connectivity index (χ1n) is 12.5. The van der Waals surface area contributed by atoms with E-state index in [1.165, 1.54) is 7.11 Å². The summed E-state index contributed by atoms with van der Waals surface area (Å²) in [6, 6.07) is 27.8. The van der Waals surface area contributed by atoms with Crippen molar-refractivity contribution in [3.05, 3.63) is 114 Å². The molecule has 2 heterocycles. The molecule has 0 aliphatic rings. The van der Waals surface area contributed by atoms with Gasteiger partial charge in [-0.25, -0.2) is 4.98 Å². The number of benzene rings is 3. The summed E-state index contributed by atoms with van der Waals surface area (Å²) in [5.41, 5.74) is 5.72. The molecule has 2 aromatic heterocycles. The first kappa shape index (κ1) is 25.0. The van der Waals surface area contributed by atoms with Gasteiger partial charge < -0.3 is 13.9 Å². The van der Waals surface area contributed by atoms with Crippen LogP contribution in [-0.4, -0.2) is 27.8 Å². The summed E-state index contributed by atoms with van der Waals surface area (Å²) in [6.07, 6.45) is 2.89. The van der Waals surface area contributed by atoms with Gasteiger partial charge in [-0.3, -0.25) is 9.48 Å². The van der Waals surface area contributed by atoms with Gasteiger partial charge in [-0.05, 0) is 48.7 Å². The van der Waals surface area contributed by atoms with Gasteiger partial charge in [-0.1, -0.05) is 60.7 Å². The average molecular weight is 508 g/mol. The van der Waals surface area contributed by atoms with Gasteiger partial charge in [0.2, 0.25) is 5.89 Å². The number of aryl methyl sites for hydroxylation is 2. The Kier molecular flexibility index (Phi) is 7.64. The van der Waals surface area contributed by atoms with Crippen molar-refractivity contribution < 1.29 is 18.7 Å². The molecule has 0 aliphatic carbocycles. The Labute approximate surface area is 221 Å². The lowest BCUT2D eigenvalue weighted by atomic mass is 10.0. The second-order valence-electron chi connectivity index (χ2n) is 8.96. The maximum Gasteiger partial charge on any atom is 0.305 e. The largest absolute Gasteiger partial charge is 0.487 e. The standard InChI is InChI=1S/C31H29N3O4/c1-22-28(32-31(38-22)25-11-7-4-8-12-25)21-37-27-16-13-23(14-17-27)19-34-20-26(15-18-29(35)36-2)30(33-34)24-9-5-3-6-10-24/h3-14,16-17,20H,15,18-19,21H2,1-2H3. The average Bonchev–Trinajstić information content (AvgIpc) is 3.55. The quantitative estimate of drug-likeness (QED) is 0.208. The van der Waals surface area contributed by atoms with Crippen molar-refractivity contribution in [3.8, 4) is 28.5 Å². The number of esters is 1. The maximum atomic E-state index is 11.7. The van der Waals surface area contributed by atoms with Gasteiger partial charge in [-0.15, -0.1) is 0 Å².